The van der Waals surface area contributed by atoms with E-state index in [2.05, 4.69) is 15.2 Å². The fraction of sp³-hybridized carbons (Fsp3) is 0.714. The number of H-pyrrole nitrogens is 1. The van der Waals surface area contributed by atoms with Crippen molar-refractivity contribution in [3.63, 3.8) is 0 Å². The number of aromatic nitrogens is 3. The second-order valence-corrected chi connectivity index (χ2v) is 6.74. The SMILES string of the molecule is CC1CCC(C(N)=O)CN1C(=O)c1n[nH]c(C(C)(C)C)n1. The first-order valence-electron chi connectivity index (χ1n) is 7.23. The van der Waals surface area contributed by atoms with E-state index in [1.165, 1.54) is 0 Å². The molecule has 2 atom stereocenters. The Morgan fingerprint density at radius 1 is 1.33 bits per heavy atom. The van der Waals surface area contributed by atoms with Gasteiger partial charge in [0.25, 0.3) is 5.91 Å². The van der Waals surface area contributed by atoms with Crippen molar-refractivity contribution in [1.29, 1.82) is 0 Å². The van der Waals surface area contributed by atoms with Crippen LogP contribution in [0.4, 0.5) is 0 Å². The summed E-state index contributed by atoms with van der Waals surface area (Å²) in [7, 11) is 0. The zero-order valence-electron chi connectivity index (χ0n) is 13.0. The Hall–Kier alpha value is -1.92. The van der Waals surface area contributed by atoms with Crippen molar-refractivity contribution >= 4 is 11.8 Å². The summed E-state index contributed by atoms with van der Waals surface area (Å²) in [6.07, 6.45) is 1.48. The van der Waals surface area contributed by atoms with Gasteiger partial charge in [-0.2, -0.15) is 0 Å². The minimum absolute atomic E-state index is 0.0599. The Bertz CT molecular complexity index is 546. The fourth-order valence-corrected chi connectivity index (χ4v) is 2.44. The molecule has 0 aliphatic carbocycles. The summed E-state index contributed by atoms with van der Waals surface area (Å²) in [6.45, 7) is 8.29. The van der Waals surface area contributed by atoms with Crippen molar-refractivity contribution < 1.29 is 9.59 Å². The van der Waals surface area contributed by atoms with Crippen LogP contribution in [0.1, 0.15) is 57.0 Å². The standard InChI is InChI=1S/C14H23N5O2/c1-8-5-6-9(10(15)20)7-19(8)12(21)11-16-13(18-17-11)14(2,3)4/h8-9H,5-7H2,1-4H3,(H2,15,20)(H,16,17,18). The number of primary amides is 1. The first-order valence-corrected chi connectivity index (χ1v) is 7.23. The molecule has 0 bridgehead atoms. The molecule has 1 saturated heterocycles. The highest BCUT2D eigenvalue weighted by molar-refractivity contribution is 5.91. The van der Waals surface area contributed by atoms with Gasteiger partial charge >= 0.3 is 0 Å². The number of hydrogen-bond donors (Lipinski definition) is 2. The molecule has 2 heterocycles. The minimum atomic E-state index is -0.356. The van der Waals surface area contributed by atoms with Crippen molar-refractivity contribution in [2.24, 2.45) is 11.7 Å². The van der Waals surface area contributed by atoms with Gasteiger partial charge in [-0.15, -0.1) is 5.10 Å². The molecule has 1 aromatic rings. The molecule has 2 unspecified atom stereocenters. The average Bonchev–Trinajstić information content (AvgIpc) is 2.87. The van der Waals surface area contributed by atoms with Gasteiger partial charge in [0, 0.05) is 18.0 Å². The predicted octanol–water partition coefficient (Wildman–Crippen LogP) is 0.828. The number of nitrogens with two attached hydrogens (primary N) is 1. The molecular formula is C14H23N5O2. The van der Waals surface area contributed by atoms with Crippen LogP contribution in [0.3, 0.4) is 0 Å². The Kier molecular flexibility index (Phi) is 4.02. The van der Waals surface area contributed by atoms with Crippen LogP contribution in [0.25, 0.3) is 0 Å². The van der Waals surface area contributed by atoms with Gasteiger partial charge < -0.3 is 10.6 Å². The summed E-state index contributed by atoms with van der Waals surface area (Å²) in [5.41, 5.74) is 5.16. The average molecular weight is 293 g/mol. The van der Waals surface area contributed by atoms with Crippen LogP contribution in [-0.2, 0) is 10.2 Å². The highest BCUT2D eigenvalue weighted by Gasteiger charge is 2.34. The van der Waals surface area contributed by atoms with Crippen LogP contribution in [0.5, 0.6) is 0 Å². The number of amides is 2. The third kappa shape index (κ3) is 3.22. The van der Waals surface area contributed by atoms with Gasteiger partial charge in [0.1, 0.15) is 5.82 Å². The third-order valence-electron chi connectivity index (χ3n) is 3.93. The second kappa shape index (κ2) is 5.46. The predicted molar refractivity (Wildman–Crippen MR) is 77.5 cm³/mol. The van der Waals surface area contributed by atoms with E-state index in [0.29, 0.717) is 12.4 Å². The zero-order valence-corrected chi connectivity index (χ0v) is 13.0. The lowest BCUT2D eigenvalue weighted by Crippen LogP contribution is -2.48. The quantitative estimate of drug-likeness (QED) is 0.842. The van der Waals surface area contributed by atoms with E-state index in [1.54, 1.807) is 4.90 Å². The normalized spacial score (nSPS) is 23.1. The maximum Gasteiger partial charge on any atom is 0.293 e. The Balaban J connectivity index is 2.18. The van der Waals surface area contributed by atoms with E-state index in [0.717, 1.165) is 12.8 Å². The summed E-state index contributed by atoms with van der Waals surface area (Å²) in [5.74, 6) is -0.0738. The van der Waals surface area contributed by atoms with Gasteiger partial charge in [-0.25, -0.2) is 4.98 Å². The molecule has 1 aliphatic rings. The van der Waals surface area contributed by atoms with Crippen molar-refractivity contribution in [2.45, 2.75) is 52.0 Å². The van der Waals surface area contributed by atoms with Crippen LogP contribution >= 0.6 is 0 Å². The molecule has 1 aliphatic heterocycles. The Labute approximate surface area is 124 Å². The summed E-state index contributed by atoms with van der Waals surface area (Å²) >= 11 is 0. The van der Waals surface area contributed by atoms with Gasteiger partial charge in [-0.05, 0) is 19.8 Å². The first kappa shape index (κ1) is 15.5. The van der Waals surface area contributed by atoms with Gasteiger partial charge in [0.15, 0.2) is 0 Å². The Morgan fingerprint density at radius 2 is 2.00 bits per heavy atom. The zero-order chi connectivity index (χ0) is 15.8. The monoisotopic (exact) mass is 293 g/mol. The van der Waals surface area contributed by atoms with E-state index < -0.39 is 0 Å². The number of rotatable bonds is 2. The van der Waals surface area contributed by atoms with Crippen LogP contribution in [0.2, 0.25) is 0 Å². The molecule has 0 radical (unpaired) electrons. The number of likely N-dealkylation sites (tertiary alicyclic amines) is 1. The molecule has 7 heteroatoms. The van der Waals surface area contributed by atoms with E-state index in [-0.39, 0.29) is 35.0 Å². The topological polar surface area (TPSA) is 105 Å². The highest BCUT2D eigenvalue weighted by atomic mass is 16.2. The molecular weight excluding hydrogens is 270 g/mol. The summed E-state index contributed by atoms with van der Waals surface area (Å²) in [4.78, 5) is 29.8. The van der Waals surface area contributed by atoms with E-state index in [4.69, 9.17) is 5.73 Å². The Morgan fingerprint density at radius 3 is 2.52 bits per heavy atom. The molecule has 0 saturated carbocycles. The maximum atomic E-state index is 12.5. The molecule has 1 fully saturated rings. The minimum Gasteiger partial charge on any atom is -0.369 e. The molecule has 2 rings (SSSR count). The van der Waals surface area contributed by atoms with E-state index in [1.807, 2.05) is 27.7 Å². The number of nitrogens with one attached hydrogen (secondary N) is 1. The van der Waals surface area contributed by atoms with Crippen molar-refractivity contribution in [1.82, 2.24) is 20.1 Å². The third-order valence-corrected chi connectivity index (χ3v) is 3.93. The number of carbonyl (C=O) groups excluding carboxylic acids is 2. The fourth-order valence-electron chi connectivity index (χ4n) is 2.44. The molecule has 3 N–H and O–H groups in total. The van der Waals surface area contributed by atoms with Gasteiger partial charge in [0.2, 0.25) is 11.7 Å². The van der Waals surface area contributed by atoms with Crippen molar-refractivity contribution in [2.75, 3.05) is 6.54 Å². The lowest BCUT2D eigenvalue weighted by atomic mass is 9.93. The summed E-state index contributed by atoms with van der Waals surface area (Å²) < 4.78 is 0. The molecule has 1 aromatic heterocycles. The second-order valence-electron chi connectivity index (χ2n) is 6.74. The lowest BCUT2D eigenvalue weighted by Gasteiger charge is -2.36. The van der Waals surface area contributed by atoms with Gasteiger partial charge in [-0.3, -0.25) is 14.7 Å². The van der Waals surface area contributed by atoms with Crippen molar-refractivity contribution in [3.05, 3.63) is 11.6 Å². The number of carbonyl (C=O) groups is 2. The molecule has 21 heavy (non-hydrogen) atoms. The van der Waals surface area contributed by atoms with E-state index >= 15 is 0 Å². The highest BCUT2D eigenvalue weighted by Crippen LogP contribution is 2.24. The summed E-state index contributed by atoms with van der Waals surface area (Å²) in [5, 5.41) is 6.83. The van der Waals surface area contributed by atoms with Crippen LogP contribution in [-0.4, -0.2) is 44.5 Å². The molecule has 7 nitrogen and oxygen atoms in total. The number of hydrogen-bond acceptors (Lipinski definition) is 4. The first-order chi connectivity index (χ1) is 9.70. The molecule has 0 spiro atoms. The number of nitrogens with zero attached hydrogens (tertiary/aromatic N) is 3. The van der Waals surface area contributed by atoms with Crippen LogP contribution in [0, 0.1) is 5.92 Å². The summed E-state index contributed by atoms with van der Waals surface area (Å²) in [6, 6.07) is 0.0599. The lowest BCUT2D eigenvalue weighted by molar-refractivity contribution is -0.123. The molecule has 2 amide bonds. The van der Waals surface area contributed by atoms with Gasteiger partial charge in [0.05, 0.1) is 5.92 Å². The van der Waals surface area contributed by atoms with Crippen molar-refractivity contribution in [3.8, 4) is 0 Å². The maximum absolute atomic E-state index is 12.5. The number of aromatic amines is 1. The van der Waals surface area contributed by atoms with Crippen LogP contribution < -0.4 is 5.73 Å². The molecule has 116 valence electrons. The van der Waals surface area contributed by atoms with E-state index in [9.17, 15) is 9.59 Å². The van der Waals surface area contributed by atoms with Gasteiger partial charge in [-0.1, -0.05) is 20.8 Å². The number of piperidine rings is 1. The van der Waals surface area contributed by atoms with Crippen LogP contribution in [0.15, 0.2) is 0 Å². The smallest absolute Gasteiger partial charge is 0.293 e. The largest absolute Gasteiger partial charge is 0.369 e. The molecule has 0 aromatic carbocycles.